The van der Waals surface area contributed by atoms with Gasteiger partial charge in [0, 0.05) is 18.7 Å². The zero-order valence-corrected chi connectivity index (χ0v) is 15.4. The number of halogens is 2. The largest absolute Gasteiger partial charge is 0.495 e. The molecule has 0 saturated carbocycles. The lowest BCUT2D eigenvalue weighted by molar-refractivity contribution is -0.122. The third-order valence-corrected chi connectivity index (χ3v) is 4.47. The Kier molecular flexibility index (Phi) is 5.77. The van der Waals surface area contributed by atoms with Crippen LogP contribution in [0.2, 0.25) is 0 Å². The molecule has 2 aromatic rings. The van der Waals surface area contributed by atoms with Gasteiger partial charge < -0.3 is 19.7 Å². The standard InChI is InChI=1S/C20H20F2N2O4/c1-12-3-8-17(27-2)16(9-12)24-11-13(10-18(24)25)19(26)23-14-4-6-15(7-5-14)28-20(21)22/h3-9,13,20H,10-11H2,1-2H3,(H,23,26). The molecule has 0 aliphatic carbocycles. The van der Waals surface area contributed by atoms with Crippen molar-refractivity contribution >= 4 is 23.2 Å². The molecular weight excluding hydrogens is 370 g/mol. The lowest BCUT2D eigenvalue weighted by Crippen LogP contribution is -2.28. The number of methoxy groups -OCH3 is 1. The van der Waals surface area contributed by atoms with E-state index < -0.39 is 12.5 Å². The lowest BCUT2D eigenvalue weighted by Gasteiger charge is -2.20. The second-order valence-corrected chi connectivity index (χ2v) is 6.47. The van der Waals surface area contributed by atoms with Crippen molar-refractivity contribution in [1.82, 2.24) is 0 Å². The van der Waals surface area contributed by atoms with Gasteiger partial charge >= 0.3 is 6.61 Å². The van der Waals surface area contributed by atoms with Gasteiger partial charge in [0.1, 0.15) is 11.5 Å². The fraction of sp³-hybridized carbons (Fsp3) is 0.300. The number of nitrogens with one attached hydrogen (secondary N) is 1. The predicted molar refractivity (Wildman–Crippen MR) is 99.9 cm³/mol. The highest BCUT2D eigenvalue weighted by Crippen LogP contribution is 2.34. The minimum Gasteiger partial charge on any atom is -0.495 e. The Labute approximate surface area is 161 Å². The molecule has 1 saturated heterocycles. The van der Waals surface area contributed by atoms with Gasteiger partial charge in [-0.05, 0) is 48.9 Å². The summed E-state index contributed by atoms with van der Waals surface area (Å²) in [4.78, 5) is 26.6. The number of hydrogen-bond donors (Lipinski definition) is 1. The third kappa shape index (κ3) is 4.39. The topological polar surface area (TPSA) is 67.9 Å². The van der Waals surface area contributed by atoms with E-state index in [1.165, 1.54) is 31.4 Å². The number of carbonyl (C=O) groups is 2. The van der Waals surface area contributed by atoms with Gasteiger partial charge in [0.2, 0.25) is 11.8 Å². The summed E-state index contributed by atoms with van der Waals surface area (Å²) in [6.07, 6.45) is 0.0789. The Morgan fingerprint density at radius 2 is 1.93 bits per heavy atom. The number of carbonyl (C=O) groups excluding carboxylic acids is 2. The zero-order chi connectivity index (χ0) is 20.3. The first-order valence-corrected chi connectivity index (χ1v) is 8.68. The number of anilines is 2. The van der Waals surface area contributed by atoms with Crippen LogP contribution in [0.3, 0.4) is 0 Å². The van der Waals surface area contributed by atoms with Crippen molar-refractivity contribution in [2.75, 3.05) is 23.9 Å². The fourth-order valence-corrected chi connectivity index (χ4v) is 3.09. The molecule has 1 heterocycles. The lowest BCUT2D eigenvalue weighted by atomic mass is 10.1. The van der Waals surface area contributed by atoms with Gasteiger partial charge in [-0.15, -0.1) is 0 Å². The highest BCUT2D eigenvalue weighted by atomic mass is 19.3. The first kappa shape index (κ1) is 19.6. The third-order valence-electron chi connectivity index (χ3n) is 4.47. The fourth-order valence-electron chi connectivity index (χ4n) is 3.09. The molecule has 1 unspecified atom stereocenters. The van der Waals surface area contributed by atoms with Crippen molar-refractivity contribution in [3.05, 3.63) is 48.0 Å². The van der Waals surface area contributed by atoms with E-state index in [1.54, 1.807) is 11.0 Å². The Bertz CT molecular complexity index is 871. The van der Waals surface area contributed by atoms with E-state index in [0.29, 0.717) is 17.1 Å². The summed E-state index contributed by atoms with van der Waals surface area (Å²) < 4.78 is 34.0. The van der Waals surface area contributed by atoms with Crippen molar-refractivity contribution in [3.8, 4) is 11.5 Å². The molecule has 1 aliphatic heterocycles. The van der Waals surface area contributed by atoms with Gasteiger partial charge in [0.15, 0.2) is 0 Å². The van der Waals surface area contributed by atoms with Gasteiger partial charge in [-0.25, -0.2) is 0 Å². The molecule has 1 N–H and O–H groups in total. The van der Waals surface area contributed by atoms with E-state index in [4.69, 9.17) is 4.74 Å². The van der Waals surface area contributed by atoms with Crippen LogP contribution in [-0.4, -0.2) is 32.1 Å². The Balaban J connectivity index is 1.68. The van der Waals surface area contributed by atoms with E-state index in [9.17, 15) is 18.4 Å². The number of alkyl halides is 2. The van der Waals surface area contributed by atoms with Crippen LogP contribution in [-0.2, 0) is 9.59 Å². The molecule has 0 spiro atoms. The van der Waals surface area contributed by atoms with Crippen molar-refractivity contribution in [2.24, 2.45) is 5.92 Å². The first-order valence-electron chi connectivity index (χ1n) is 8.68. The van der Waals surface area contributed by atoms with Crippen LogP contribution in [0.25, 0.3) is 0 Å². The highest BCUT2D eigenvalue weighted by Gasteiger charge is 2.36. The summed E-state index contributed by atoms with van der Waals surface area (Å²) in [5.74, 6) is -0.444. The van der Waals surface area contributed by atoms with Gasteiger partial charge in [-0.2, -0.15) is 8.78 Å². The van der Waals surface area contributed by atoms with Gasteiger partial charge in [-0.3, -0.25) is 9.59 Å². The van der Waals surface area contributed by atoms with Gasteiger partial charge in [0.05, 0.1) is 18.7 Å². The van der Waals surface area contributed by atoms with Crippen molar-refractivity contribution in [1.29, 1.82) is 0 Å². The summed E-state index contributed by atoms with van der Waals surface area (Å²) in [5, 5.41) is 2.70. The number of benzene rings is 2. The van der Waals surface area contributed by atoms with Crippen LogP contribution in [0.4, 0.5) is 20.2 Å². The Morgan fingerprint density at radius 3 is 2.57 bits per heavy atom. The van der Waals surface area contributed by atoms with Crippen LogP contribution in [0.15, 0.2) is 42.5 Å². The molecule has 0 bridgehead atoms. The zero-order valence-electron chi connectivity index (χ0n) is 15.4. The molecule has 0 radical (unpaired) electrons. The van der Waals surface area contributed by atoms with Crippen LogP contribution >= 0.6 is 0 Å². The van der Waals surface area contributed by atoms with Crippen molar-refractivity contribution < 1.29 is 27.8 Å². The highest BCUT2D eigenvalue weighted by molar-refractivity contribution is 6.04. The molecule has 3 rings (SSSR count). The molecular formula is C20H20F2N2O4. The smallest absolute Gasteiger partial charge is 0.387 e. The maximum absolute atomic E-state index is 12.5. The molecule has 148 valence electrons. The van der Waals surface area contributed by atoms with Gasteiger partial charge in [-0.1, -0.05) is 6.07 Å². The number of amides is 2. The molecule has 0 aromatic heterocycles. The van der Waals surface area contributed by atoms with Crippen LogP contribution in [0.1, 0.15) is 12.0 Å². The quantitative estimate of drug-likeness (QED) is 0.819. The van der Waals surface area contributed by atoms with Crippen molar-refractivity contribution in [2.45, 2.75) is 20.0 Å². The maximum Gasteiger partial charge on any atom is 0.387 e. The second-order valence-electron chi connectivity index (χ2n) is 6.47. The Morgan fingerprint density at radius 1 is 1.21 bits per heavy atom. The summed E-state index contributed by atoms with van der Waals surface area (Å²) in [6.45, 7) is -0.763. The number of rotatable bonds is 6. The number of nitrogens with zero attached hydrogens (tertiary/aromatic N) is 1. The van der Waals surface area contributed by atoms with E-state index in [0.717, 1.165) is 5.56 Å². The minimum atomic E-state index is -2.91. The molecule has 1 fully saturated rings. The number of ether oxygens (including phenoxy) is 2. The van der Waals surface area contributed by atoms with Crippen LogP contribution in [0.5, 0.6) is 11.5 Å². The summed E-state index contributed by atoms with van der Waals surface area (Å²) in [6, 6.07) is 11.1. The maximum atomic E-state index is 12.5. The van der Waals surface area contributed by atoms with Crippen molar-refractivity contribution in [3.63, 3.8) is 0 Å². The predicted octanol–water partition coefficient (Wildman–Crippen LogP) is 3.60. The molecule has 1 atom stereocenters. The van der Waals surface area contributed by atoms with Gasteiger partial charge in [0.25, 0.3) is 0 Å². The van der Waals surface area contributed by atoms with E-state index in [-0.39, 0.29) is 30.5 Å². The van der Waals surface area contributed by atoms with E-state index >= 15 is 0 Å². The average molecular weight is 390 g/mol. The van der Waals surface area contributed by atoms with E-state index in [2.05, 4.69) is 10.1 Å². The van der Waals surface area contributed by atoms with E-state index in [1.807, 2.05) is 19.1 Å². The number of aryl methyl sites for hydroxylation is 1. The molecule has 1 aliphatic rings. The summed E-state index contributed by atoms with van der Waals surface area (Å²) in [5.41, 5.74) is 2.05. The summed E-state index contributed by atoms with van der Waals surface area (Å²) >= 11 is 0. The molecule has 28 heavy (non-hydrogen) atoms. The molecule has 6 nitrogen and oxygen atoms in total. The normalized spacial score (nSPS) is 16.4. The first-order chi connectivity index (χ1) is 13.4. The summed E-state index contributed by atoms with van der Waals surface area (Å²) in [7, 11) is 1.53. The van der Waals surface area contributed by atoms with Crippen LogP contribution in [0, 0.1) is 12.8 Å². The molecule has 2 aromatic carbocycles. The SMILES string of the molecule is COc1ccc(C)cc1N1CC(C(=O)Nc2ccc(OC(F)F)cc2)CC1=O. The molecule has 8 heteroatoms. The van der Waals surface area contributed by atoms with Crippen LogP contribution < -0.4 is 19.7 Å². The Hall–Kier alpha value is -3.16. The number of hydrogen-bond acceptors (Lipinski definition) is 4. The second kappa shape index (κ2) is 8.24. The minimum absolute atomic E-state index is 0.00163. The molecule has 2 amide bonds. The monoisotopic (exact) mass is 390 g/mol. The average Bonchev–Trinajstić information content (AvgIpc) is 3.04.